The molecule has 0 N–H and O–H groups in total. The first-order chi connectivity index (χ1) is 13.1. The summed E-state index contributed by atoms with van der Waals surface area (Å²) < 4.78 is 5.47. The molecule has 2 atom stereocenters. The van der Waals surface area contributed by atoms with Crippen LogP contribution in [0.15, 0.2) is 24.3 Å². The van der Waals surface area contributed by atoms with Gasteiger partial charge in [0.15, 0.2) is 0 Å². The van der Waals surface area contributed by atoms with Gasteiger partial charge in [-0.3, -0.25) is 4.79 Å². The summed E-state index contributed by atoms with van der Waals surface area (Å²) >= 11 is 8.03. The number of halogens is 1. The Kier molecular flexibility index (Phi) is 7.48. The Morgan fingerprint density at radius 1 is 1.22 bits per heavy atom. The van der Waals surface area contributed by atoms with Crippen LogP contribution in [0.5, 0.6) is 0 Å². The zero-order chi connectivity index (χ0) is 19.2. The van der Waals surface area contributed by atoms with Crippen molar-refractivity contribution in [3.8, 4) is 0 Å². The zero-order valence-corrected chi connectivity index (χ0v) is 17.4. The van der Waals surface area contributed by atoms with E-state index in [0.717, 1.165) is 44.1 Å². The Balaban J connectivity index is 1.83. The molecule has 1 heterocycles. The van der Waals surface area contributed by atoms with Gasteiger partial charge in [0, 0.05) is 22.3 Å². The quantitative estimate of drug-likeness (QED) is 0.478. The van der Waals surface area contributed by atoms with Crippen LogP contribution in [0.4, 0.5) is 0 Å². The third-order valence-corrected chi connectivity index (χ3v) is 7.04. The van der Waals surface area contributed by atoms with Crippen molar-refractivity contribution in [1.29, 1.82) is 0 Å². The number of hydrogen-bond donors (Lipinski definition) is 0. The molecule has 3 rings (SSSR count). The molecule has 1 saturated heterocycles. The summed E-state index contributed by atoms with van der Waals surface area (Å²) in [6.45, 7) is 2.48. The maximum absolute atomic E-state index is 13.4. The summed E-state index contributed by atoms with van der Waals surface area (Å²) in [4.78, 5) is 27.9. The van der Waals surface area contributed by atoms with E-state index in [4.69, 9.17) is 16.3 Å². The van der Waals surface area contributed by atoms with Crippen LogP contribution in [0.3, 0.4) is 0 Å². The highest BCUT2D eigenvalue weighted by atomic mass is 35.5. The minimum Gasteiger partial charge on any atom is -0.464 e. The third-order valence-electron chi connectivity index (χ3n) is 5.39. The predicted molar refractivity (Wildman–Crippen MR) is 110 cm³/mol. The fraction of sp³-hybridized carbons (Fsp3) is 0.619. The zero-order valence-electron chi connectivity index (χ0n) is 15.9. The van der Waals surface area contributed by atoms with Gasteiger partial charge in [-0.15, -0.1) is 11.8 Å². The van der Waals surface area contributed by atoms with Crippen LogP contribution in [-0.4, -0.2) is 35.2 Å². The van der Waals surface area contributed by atoms with Crippen molar-refractivity contribution in [3.63, 3.8) is 0 Å². The van der Waals surface area contributed by atoms with Crippen LogP contribution in [0, 0.1) is 5.92 Å². The number of nitrogens with zero attached hydrogens (tertiary/aromatic N) is 1. The van der Waals surface area contributed by atoms with Crippen molar-refractivity contribution in [2.24, 2.45) is 5.92 Å². The van der Waals surface area contributed by atoms with Gasteiger partial charge in [0.2, 0.25) is 5.91 Å². The summed E-state index contributed by atoms with van der Waals surface area (Å²) in [5.41, 5.74) is 0.900. The van der Waals surface area contributed by atoms with Crippen molar-refractivity contribution in [2.75, 3.05) is 12.4 Å². The lowest BCUT2D eigenvalue weighted by Crippen LogP contribution is -2.46. The number of amides is 1. The Morgan fingerprint density at radius 2 is 1.96 bits per heavy atom. The molecule has 1 aromatic carbocycles. The molecular weight excluding hydrogens is 382 g/mol. The van der Waals surface area contributed by atoms with Crippen LogP contribution >= 0.6 is 23.4 Å². The van der Waals surface area contributed by atoms with Crippen molar-refractivity contribution in [3.05, 3.63) is 34.9 Å². The maximum atomic E-state index is 13.4. The van der Waals surface area contributed by atoms with Crippen LogP contribution in [0.25, 0.3) is 0 Å². The smallest absolute Gasteiger partial charge is 0.329 e. The monoisotopic (exact) mass is 409 g/mol. The first-order valence-electron chi connectivity index (χ1n) is 9.98. The van der Waals surface area contributed by atoms with E-state index in [1.54, 1.807) is 16.7 Å². The second-order valence-electron chi connectivity index (χ2n) is 7.32. The van der Waals surface area contributed by atoms with E-state index in [0.29, 0.717) is 17.4 Å². The minimum atomic E-state index is -0.525. The largest absolute Gasteiger partial charge is 0.464 e. The number of hydrogen-bond acceptors (Lipinski definition) is 4. The topological polar surface area (TPSA) is 46.6 Å². The number of carbonyl (C=O) groups excluding carboxylic acids is 2. The number of thioether (sulfide) groups is 1. The second-order valence-corrected chi connectivity index (χ2v) is 8.84. The van der Waals surface area contributed by atoms with Gasteiger partial charge in [-0.1, -0.05) is 62.4 Å². The fourth-order valence-electron chi connectivity index (χ4n) is 3.85. The molecular formula is C21H28ClNO3S. The van der Waals surface area contributed by atoms with Crippen LogP contribution < -0.4 is 0 Å². The Hall–Kier alpha value is -1.20. The molecule has 2 fully saturated rings. The molecule has 0 spiro atoms. The molecule has 27 heavy (non-hydrogen) atoms. The SMILES string of the molecule is CCCCOC(=O)[C@@H]1CS[C@@H](c2ccccc2Cl)N1C(=O)C1CCCCC1. The highest BCUT2D eigenvalue weighted by Crippen LogP contribution is 2.45. The number of unbranched alkanes of at least 4 members (excludes halogenated alkanes) is 1. The van der Waals surface area contributed by atoms with Crippen LogP contribution in [-0.2, 0) is 14.3 Å². The summed E-state index contributed by atoms with van der Waals surface area (Å²) in [5.74, 6) is 0.365. The van der Waals surface area contributed by atoms with Gasteiger partial charge >= 0.3 is 5.97 Å². The molecule has 6 heteroatoms. The van der Waals surface area contributed by atoms with Crippen LogP contribution in [0.2, 0.25) is 5.02 Å². The van der Waals surface area contributed by atoms with Gasteiger partial charge < -0.3 is 9.64 Å². The minimum absolute atomic E-state index is 0.00776. The van der Waals surface area contributed by atoms with Gasteiger partial charge in [0.1, 0.15) is 11.4 Å². The lowest BCUT2D eigenvalue weighted by atomic mass is 9.88. The lowest BCUT2D eigenvalue weighted by molar-refractivity contribution is -0.156. The molecule has 0 bridgehead atoms. The maximum Gasteiger partial charge on any atom is 0.329 e. The molecule has 1 amide bonds. The van der Waals surface area contributed by atoms with Crippen molar-refractivity contribution < 1.29 is 14.3 Å². The molecule has 2 aliphatic rings. The van der Waals surface area contributed by atoms with E-state index in [2.05, 4.69) is 6.92 Å². The molecule has 1 aliphatic heterocycles. The summed E-state index contributed by atoms with van der Waals surface area (Å²) in [6, 6.07) is 7.08. The summed E-state index contributed by atoms with van der Waals surface area (Å²) in [6.07, 6.45) is 6.99. The normalized spacial score (nSPS) is 23.4. The van der Waals surface area contributed by atoms with Crippen molar-refractivity contribution in [2.45, 2.75) is 63.3 Å². The van der Waals surface area contributed by atoms with E-state index >= 15 is 0 Å². The fourth-order valence-corrected chi connectivity index (χ4v) is 5.61. The third kappa shape index (κ3) is 4.80. The van der Waals surface area contributed by atoms with E-state index in [1.807, 2.05) is 24.3 Å². The van der Waals surface area contributed by atoms with Gasteiger partial charge in [-0.05, 0) is 25.3 Å². The molecule has 0 aromatic heterocycles. The van der Waals surface area contributed by atoms with E-state index in [1.165, 1.54) is 6.42 Å². The first kappa shape index (κ1) is 20.5. The highest BCUT2D eigenvalue weighted by molar-refractivity contribution is 7.99. The standard InChI is InChI=1S/C21H28ClNO3S/c1-2-3-13-26-21(25)18-14-27-20(16-11-7-8-12-17(16)22)23(18)19(24)15-9-5-4-6-10-15/h7-8,11-12,15,18,20H,2-6,9-10,13-14H2,1H3/t18-,20-/m0/s1. The van der Waals surface area contributed by atoms with Crippen LogP contribution in [0.1, 0.15) is 62.8 Å². The molecule has 0 radical (unpaired) electrons. The molecule has 148 valence electrons. The first-order valence-corrected chi connectivity index (χ1v) is 11.4. The average Bonchev–Trinajstić information content (AvgIpc) is 3.13. The van der Waals surface area contributed by atoms with Gasteiger partial charge in [0.05, 0.1) is 6.61 Å². The molecule has 1 saturated carbocycles. The molecule has 0 unspecified atom stereocenters. The van der Waals surface area contributed by atoms with E-state index in [-0.39, 0.29) is 23.2 Å². The highest BCUT2D eigenvalue weighted by Gasteiger charge is 2.45. The number of ether oxygens (including phenoxy) is 1. The van der Waals surface area contributed by atoms with Crippen molar-refractivity contribution in [1.82, 2.24) is 4.90 Å². The second kappa shape index (κ2) is 9.83. The van der Waals surface area contributed by atoms with E-state index in [9.17, 15) is 9.59 Å². The van der Waals surface area contributed by atoms with Crippen molar-refractivity contribution >= 4 is 35.2 Å². The Bertz CT molecular complexity index is 663. The number of rotatable bonds is 6. The summed E-state index contributed by atoms with van der Waals surface area (Å²) in [5, 5.41) is 0.410. The Morgan fingerprint density at radius 3 is 2.67 bits per heavy atom. The molecule has 1 aromatic rings. The Labute approximate surface area is 171 Å². The predicted octanol–water partition coefficient (Wildman–Crippen LogP) is 5.21. The van der Waals surface area contributed by atoms with Gasteiger partial charge in [0.25, 0.3) is 0 Å². The number of esters is 1. The molecule has 4 nitrogen and oxygen atoms in total. The number of carbonyl (C=O) groups is 2. The summed E-state index contributed by atoms with van der Waals surface area (Å²) in [7, 11) is 0. The van der Waals surface area contributed by atoms with Gasteiger partial charge in [-0.25, -0.2) is 4.79 Å². The van der Waals surface area contributed by atoms with E-state index < -0.39 is 6.04 Å². The van der Waals surface area contributed by atoms with Gasteiger partial charge in [-0.2, -0.15) is 0 Å². The molecule has 1 aliphatic carbocycles. The number of benzene rings is 1. The lowest BCUT2D eigenvalue weighted by Gasteiger charge is -2.33. The average molecular weight is 410 g/mol.